The lowest BCUT2D eigenvalue weighted by molar-refractivity contribution is 0.299. The van der Waals surface area contributed by atoms with E-state index in [0.717, 1.165) is 48.6 Å². The van der Waals surface area contributed by atoms with Crippen LogP contribution in [0.15, 0.2) is 45.1 Å². The second kappa shape index (κ2) is 8.09. The van der Waals surface area contributed by atoms with E-state index in [1.165, 1.54) is 6.39 Å². The molecule has 1 aliphatic carbocycles. The molecule has 6 nitrogen and oxygen atoms in total. The number of aromatic nitrogens is 4. The number of fused-ring (bicyclic) bond motifs is 1. The van der Waals surface area contributed by atoms with Gasteiger partial charge in [0.1, 0.15) is 4.90 Å². The first-order valence-corrected chi connectivity index (χ1v) is 13.7. The van der Waals surface area contributed by atoms with Crippen molar-refractivity contribution in [2.24, 2.45) is 13.0 Å². The van der Waals surface area contributed by atoms with Gasteiger partial charge in [-0.2, -0.15) is 0 Å². The SMILES string of the molecule is Cc1ncoc1-c1nnc(SCCCN2C[C@@H]3C[C@]3(c3cccc(S(F)(F)(F)(F)F)c3)C2)n1C.Cl. The smallest absolute Gasteiger partial charge is 0.310 e. The summed E-state index contributed by atoms with van der Waals surface area (Å²) in [5, 5.41) is 9.15. The molecule has 2 atom stereocenters. The molecule has 5 rings (SSSR count). The summed E-state index contributed by atoms with van der Waals surface area (Å²) in [5.41, 5.74) is 0.661. The number of halogens is 6. The van der Waals surface area contributed by atoms with Crippen molar-refractivity contribution in [2.45, 2.75) is 35.2 Å². The van der Waals surface area contributed by atoms with Gasteiger partial charge in [-0.05, 0) is 49.9 Å². The van der Waals surface area contributed by atoms with Crippen LogP contribution in [-0.2, 0) is 12.5 Å². The van der Waals surface area contributed by atoms with Gasteiger partial charge in [-0.3, -0.25) is 0 Å². The first kappa shape index (κ1) is 26.2. The van der Waals surface area contributed by atoms with Crippen molar-refractivity contribution < 1.29 is 23.8 Å². The van der Waals surface area contributed by atoms with Crippen molar-refractivity contribution in [3.05, 3.63) is 41.9 Å². The van der Waals surface area contributed by atoms with Crippen LogP contribution in [0.2, 0.25) is 0 Å². The van der Waals surface area contributed by atoms with Gasteiger partial charge in [0.15, 0.2) is 17.3 Å². The number of piperidine rings is 1. The molecular weight excluding hydrogens is 533 g/mol. The lowest BCUT2D eigenvalue weighted by atomic mass is 9.95. The van der Waals surface area contributed by atoms with Crippen molar-refractivity contribution in [1.29, 1.82) is 0 Å². The van der Waals surface area contributed by atoms with Crippen molar-refractivity contribution in [1.82, 2.24) is 24.6 Å². The zero-order valence-electron chi connectivity index (χ0n) is 19.0. The minimum absolute atomic E-state index is 0. The number of hydrogen-bond donors (Lipinski definition) is 0. The molecule has 0 bridgehead atoms. The third-order valence-electron chi connectivity index (χ3n) is 6.70. The lowest BCUT2D eigenvalue weighted by Gasteiger charge is -2.41. The van der Waals surface area contributed by atoms with Crippen LogP contribution in [0.4, 0.5) is 19.4 Å². The van der Waals surface area contributed by atoms with Gasteiger partial charge in [0.25, 0.3) is 0 Å². The summed E-state index contributed by atoms with van der Waals surface area (Å²) >= 11 is 1.56. The van der Waals surface area contributed by atoms with Gasteiger partial charge >= 0.3 is 10.2 Å². The Morgan fingerprint density at radius 3 is 2.66 bits per heavy atom. The van der Waals surface area contributed by atoms with E-state index in [1.807, 2.05) is 18.5 Å². The summed E-state index contributed by atoms with van der Waals surface area (Å²) in [7, 11) is -7.82. The van der Waals surface area contributed by atoms with Gasteiger partial charge in [-0.15, -0.1) is 22.6 Å². The van der Waals surface area contributed by atoms with Gasteiger partial charge in [0, 0.05) is 31.3 Å². The summed E-state index contributed by atoms with van der Waals surface area (Å²) < 4.78 is 73.6. The molecule has 0 N–H and O–H groups in total. The normalized spacial score (nSPS) is 23.9. The molecule has 3 aromatic rings. The Hall–Kier alpha value is -1.83. The fourth-order valence-electron chi connectivity index (χ4n) is 4.86. The average Bonchev–Trinajstić information content (AvgIpc) is 3.04. The van der Waals surface area contributed by atoms with Crippen LogP contribution in [-0.4, -0.2) is 50.0 Å². The summed E-state index contributed by atoms with van der Waals surface area (Å²) in [6.45, 7) is 3.97. The molecule has 2 aromatic heterocycles. The fraction of sp³-hybridized carbons (Fsp3) is 0.476. The molecule has 2 aliphatic rings. The molecule has 3 heterocycles. The summed E-state index contributed by atoms with van der Waals surface area (Å²) in [6.07, 6.45) is 2.96. The molecular formula is C21H25ClF5N5OS2. The first-order chi connectivity index (χ1) is 15.8. The average molecular weight is 558 g/mol. The summed E-state index contributed by atoms with van der Waals surface area (Å²) in [5.74, 6) is 2.18. The maximum Gasteiger partial charge on any atom is 0.310 e. The highest BCUT2D eigenvalue weighted by Crippen LogP contribution is 3.02. The van der Waals surface area contributed by atoms with E-state index in [1.54, 1.807) is 17.8 Å². The van der Waals surface area contributed by atoms with Crippen molar-refractivity contribution in [3.8, 4) is 11.6 Å². The highest BCUT2D eigenvalue weighted by atomic mass is 35.5. The van der Waals surface area contributed by atoms with Crippen LogP contribution in [0, 0.1) is 12.8 Å². The van der Waals surface area contributed by atoms with Gasteiger partial charge in [0.05, 0.1) is 5.69 Å². The molecule has 1 aromatic carbocycles. The topological polar surface area (TPSA) is 60.0 Å². The van der Waals surface area contributed by atoms with E-state index in [2.05, 4.69) is 20.1 Å². The molecule has 0 unspecified atom stereocenters. The molecule has 14 heteroatoms. The van der Waals surface area contributed by atoms with Crippen LogP contribution in [0.1, 0.15) is 24.1 Å². The third-order valence-corrected chi connectivity index (χ3v) is 8.96. The Morgan fingerprint density at radius 2 is 1.97 bits per heavy atom. The maximum atomic E-state index is 13.3. The number of hydrogen-bond acceptors (Lipinski definition) is 6. The zero-order chi connectivity index (χ0) is 24.4. The van der Waals surface area contributed by atoms with Crippen LogP contribution in [0.5, 0.6) is 0 Å². The first-order valence-electron chi connectivity index (χ1n) is 10.8. The minimum atomic E-state index is -9.68. The number of thioether (sulfide) groups is 1. The predicted molar refractivity (Wildman–Crippen MR) is 128 cm³/mol. The highest BCUT2D eigenvalue weighted by molar-refractivity contribution is 8.45. The molecule has 0 amide bonds. The van der Waals surface area contributed by atoms with E-state index < -0.39 is 20.5 Å². The number of oxazole rings is 1. The zero-order valence-corrected chi connectivity index (χ0v) is 21.4. The van der Waals surface area contributed by atoms with Gasteiger partial charge in [-0.25, -0.2) is 4.98 Å². The largest absolute Gasteiger partial charge is 0.440 e. The van der Waals surface area contributed by atoms with Crippen LogP contribution >= 0.6 is 34.4 Å². The number of aryl methyl sites for hydroxylation is 1. The number of rotatable bonds is 8. The number of benzene rings is 1. The fourth-order valence-corrected chi connectivity index (χ4v) is 6.38. The predicted octanol–water partition coefficient (Wildman–Crippen LogP) is 6.61. The molecule has 194 valence electrons. The standard InChI is InChI=1S/C21H24F5N5OS2.ClH/c1-14-18(32-13-27-14)19-28-29-20(30(19)2)33-8-4-7-31-11-16-10-21(16,12-31)15-5-3-6-17(9-15)34(22,23,24,25)26;/h3,5-6,9,13,16H,4,7-8,10-12H2,1-2H3;1H/t16-,21+;/m0./s1. The number of likely N-dealkylation sites (tertiary alicyclic amines) is 1. The second-order valence-corrected chi connectivity index (χ2v) is 12.6. The summed E-state index contributed by atoms with van der Waals surface area (Å²) in [4.78, 5) is 4.49. The molecule has 2 fully saturated rings. The van der Waals surface area contributed by atoms with Crippen LogP contribution in [0.3, 0.4) is 0 Å². The maximum absolute atomic E-state index is 13.3. The van der Waals surface area contributed by atoms with E-state index in [4.69, 9.17) is 4.42 Å². The molecule has 0 radical (unpaired) electrons. The van der Waals surface area contributed by atoms with E-state index in [-0.39, 0.29) is 18.3 Å². The van der Waals surface area contributed by atoms with Crippen molar-refractivity contribution >= 4 is 34.4 Å². The Morgan fingerprint density at radius 1 is 1.20 bits per heavy atom. The summed E-state index contributed by atoms with van der Waals surface area (Å²) in [6, 6.07) is 3.79. The molecule has 1 aliphatic heterocycles. The Labute approximate surface area is 209 Å². The van der Waals surface area contributed by atoms with Gasteiger partial charge < -0.3 is 13.9 Å². The third kappa shape index (κ3) is 5.05. The molecule has 0 spiro atoms. The van der Waals surface area contributed by atoms with Crippen molar-refractivity contribution in [3.63, 3.8) is 0 Å². The van der Waals surface area contributed by atoms with Crippen LogP contribution < -0.4 is 0 Å². The second-order valence-electron chi connectivity index (χ2n) is 9.12. The Balaban J connectivity index is 0.00000289. The molecule has 1 saturated carbocycles. The quantitative estimate of drug-likeness (QED) is 0.176. The van der Waals surface area contributed by atoms with Gasteiger partial charge in [-0.1, -0.05) is 43.3 Å². The molecule has 35 heavy (non-hydrogen) atoms. The number of nitrogens with zero attached hydrogens (tertiary/aromatic N) is 5. The van der Waals surface area contributed by atoms with E-state index in [0.29, 0.717) is 35.8 Å². The Bertz CT molecular complexity index is 1250. The van der Waals surface area contributed by atoms with Crippen molar-refractivity contribution in [2.75, 3.05) is 25.4 Å². The van der Waals surface area contributed by atoms with E-state index >= 15 is 0 Å². The van der Waals surface area contributed by atoms with Gasteiger partial charge in [0.2, 0.25) is 5.82 Å². The minimum Gasteiger partial charge on any atom is -0.440 e. The monoisotopic (exact) mass is 557 g/mol. The highest BCUT2D eigenvalue weighted by Gasteiger charge is 2.66. The lowest BCUT2D eigenvalue weighted by Crippen LogP contribution is -2.28. The molecule has 1 saturated heterocycles. The van der Waals surface area contributed by atoms with E-state index in [9.17, 15) is 19.4 Å². The van der Waals surface area contributed by atoms with Crippen LogP contribution in [0.25, 0.3) is 11.6 Å². The Kier molecular flexibility index (Phi) is 6.06.